The molecule has 1 spiro atoms. The van der Waals surface area contributed by atoms with Gasteiger partial charge in [-0.3, -0.25) is 0 Å². The second-order valence-corrected chi connectivity index (χ2v) is 15.1. The van der Waals surface area contributed by atoms with Crippen molar-refractivity contribution in [3.8, 4) is 44.9 Å². The maximum atomic E-state index is 6.91. The van der Waals surface area contributed by atoms with E-state index in [2.05, 4.69) is 206 Å². The van der Waals surface area contributed by atoms with E-state index in [0.717, 1.165) is 22.6 Å². The molecule has 1 heterocycles. The molecule has 1 nitrogen and oxygen atoms in total. The zero-order valence-corrected chi connectivity index (χ0v) is 30.0. The van der Waals surface area contributed by atoms with Gasteiger partial charge in [0.05, 0.1) is 10.8 Å². The van der Waals surface area contributed by atoms with Crippen molar-refractivity contribution in [2.75, 3.05) is 0 Å². The highest BCUT2D eigenvalue weighted by Gasteiger charge is 2.52. The van der Waals surface area contributed by atoms with Crippen molar-refractivity contribution in [1.82, 2.24) is 0 Å². The summed E-state index contributed by atoms with van der Waals surface area (Å²) in [6.45, 7) is 0. The smallest absolute Gasteiger partial charge is 0.132 e. The van der Waals surface area contributed by atoms with Gasteiger partial charge >= 0.3 is 0 Å². The fourth-order valence-electron chi connectivity index (χ4n) is 10.5. The van der Waals surface area contributed by atoms with Crippen LogP contribution in [0.1, 0.15) is 44.5 Å². The van der Waals surface area contributed by atoms with Crippen LogP contribution < -0.4 is 4.74 Å². The van der Waals surface area contributed by atoms with Gasteiger partial charge in [-0.2, -0.15) is 0 Å². The Kier molecular flexibility index (Phi) is 6.25. The molecular formula is C54H34O. The van der Waals surface area contributed by atoms with Crippen molar-refractivity contribution in [3.63, 3.8) is 0 Å². The van der Waals surface area contributed by atoms with E-state index in [1.165, 1.54) is 77.5 Å². The first-order valence-electron chi connectivity index (χ1n) is 19.2. The largest absolute Gasteiger partial charge is 0.457 e. The number of hydrogen-bond donors (Lipinski definition) is 0. The zero-order valence-electron chi connectivity index (χ0n) is 30.0. The lowest BCUT2D eigenvalue weighted by Crippen LogP contribution is -2.34. The second-order valence-electron chi connectivity index (χ2n) is 15.1. The van der Waals surface area contributed by atoms with Crippen molar-refractivity contribution in [2.24, 2.45) is 0 Å². The molecule has 0 amide bonds. The van der Waals surface area contributed by atoms with Gasteiger partial charge in [-0.25, -0.2) is 0 Å². The van der Waals surface area contributed by atoms with E-state index < -0.39 is 10.8 Å². The monoisotopic (exact) mass is 698 g/mol. The third kappa shape index (κ3) is 3.92. The molecule has 12 rings (SSSR count). The van der Waals surface area contributed by atoms with Gasteiger partial charge in [0.1, 0.15) is 11.5 Å². The normalized spacial score (nSPS) is 16.4. The first-order chi connectivity index (χ1) is 27.3. The minimum atomic E-state index is -0.631. The molecule has 1 heteroatoms. The van der Waals surface area contributed by atoms with E-state index in [-0.39, 0.29) is 0 Å². The van der Waals surface area contributed by atoms with E-state index in [1.54, 1.807) is 0 Å². The fourth-order valence-corrected chi connectivity index (χ4v) is 10.5. The molecular weight excluding hydrogens is 665 g/mol. The van der Waals surface area contributed by atoms with Crippen molar-refractivity contribution >= 4 is 10.8 Å². The molecule has 0 fully saturated rings. The van der Waals surface area contributed by atoms with E-state index in [1.807, 2.05) is 0 Å². The summed E-state index contributed by atoms with van der Waals surface area (Å²) in [6.07, 6.45) is 0. The lowest BCUT2D eigenvalue weighted by atomic mass is 9.62. The highest BCUT2D eigenvalue weighted by molar-refractivity contribution is 6.00. The third-order valence-corrected chi connectivity index (χ3v) is 12.6. The van der Waals surface area contributed by atoms with Crippen LogP contribution in [-0.2, 0) is 10.8 Å². The summed E-state index contributed by atoms with van der Waals surface area (Å²) < 4.78 is 6.91. The Bertz CT molecular complexity index is 2970. The van der Waals surface area contributed by atoms with Crippen molar-refractivity contribution in [3.05, 3.63) is 251 Å². The van der Waals surface area contributed by atoms with Crippen molar-refractivity contribution in [2.45, 2.75) is 10.8 Å². The molecule has 0 N–H and O–H groups in total. The number of fused-ring (bicyclic) bond motifs is 13. The van der Waals surface area contributed by atoms with Gasteiger partial charge in [-0.1, -0.05) is 176 Å². The van der Waals surface area contributed by atoms with Crippen LogP contribution in [-0.4, -0.2) is 0 Å². The molecule has 1 unspecified atom stereocenters. The average Bonchev–Trinajstić information content (AvgIpc) is 3.71. The fraction of sp³-hybridized carbons (Fsp3) is 0.0370. The number of benzene rings is 9. The minimum Gasteiger partial charge on any atom is -0.457 e. The van der Waals surface area contributed by atoms with Crippen molar-refractivity contribution in [1.29, 1.82) is 0 Å². The molecule has 55 heavy (non-hydrogen) atoms. The summed E-state index contributed by atoms with van der Waals surface area (Å²) in [5.41, 5.74) is 16.6. The summed E-state index contributed by atoms with van der Waals surface area (Å²) >= 11 is 0. The van der Waals surface area contributed by atoms with Gasteiger partial charge in [0, 0.05) is 11.1 Å². The average molecular weight is 699 g/mol. The zero-order chi connectivity index (χ0) is 36.1. The summed E-state index contributed by atoms with van der Waals surface area (Å²) in [7, 11) is 0. The maximum Gasteiger partial charge on any atom is 0.132 e. The number of para-hydroxylation sites is 1. The van der Waals surface area contributed by atoms with Gasteiger partial charge in [0.2, 0.25) is 0 Å². The van der Waals surface area contributed by atoms with Gasteiger partial charge in [-0.05, 0) is 108 Å². The molecule has 0 saturated heterocycles. The predicted molar refractivity (Wildman–Crippen MR) is 224 cm³/mol. The van der Waals surface area contributed by atoms with E-state index in [0.29, 0.717) is 0 Å². The number of rotatable bonds is 3. The SMILES string of the molecule is c1ccc(C2(c3ccccc3)c3ccccc3Oc3cccc(-c4ccc5c(c4)C4(c6ccccc6-5)c5ccccc5-c5cc6ccccc6cc54)c32)cc1. The number of hydrogen-bond acceptors (Lipinski definition) is 1. The molecule has 2 aliphatic carbocycles. The van der Waals surface area contributed by atoms with Crippen molar-refractivity contribution < 1.29 is 4.74 Å². The predicted octanol–water partition coefficient (Wildman–Crippen LogP) is 13.3. The molecule has 9 aromatic carbocycles. The van der Waals surface area contributed by atoms with E-state index >= 15 is 0 Å². The highest BCUT2D eigenvalue weighted by Crippen LogP contribution is 2.64. The van der Waals surface area contributed by atoms with Crippen LogP contribution in [0.4, 0.5) is 0 Å². The summed E-state index contributed by atoms with van der Waals surface area (Å²) in [6, 6.07) is 76.2. The molecule has 0 aromatic heterocycles. The van der Waals surface area contributed by atoms with E-state index in [9.17, 15) is 0 Å². The Hall–Kier alpha value is -6.96. The summed E-state index contributed by atoms with van der Waals surface area (Å²) in [5, 5.41) is 2.53. The Labute approximate surface area is 320 Å². The summed E-state index contributed by atoms with van der Waals surface area (Å²) in [5.74, 6) is 1.76. The lowest BCUT2D eigenvalue weighted by Gasteiger charge is -2.42. The van der Waals surface area contributed by atoms with Gasteiger partial charge in [0.15, 0.2) is 0 Å². The van der Waals surface area contributed by atoms with Crippen LogP contribution in [0.5, 0.6) is 11.5 Å². The van der Waals surface area contributed by atoms with Crippen LogP contribution in [0, 0.1) is 0 Å². The van der Waals surface area contributed by atoms with E-state index in [4.69, 9.17) is 4.74 Å². The Morgan fingerprint density at radius 1 is 0.291 bits per heavy atom. The molecule has 0 radical (unpaired) electrons. The first-order valence-corrected chi connectivity index (χ1v) is 19.2. The van der Waals surface area contributed by atoms with Gasteiger partial charge in [0.25, 0.3) is 0 Å². The minimum absolute atomic E-state index is 0.466. The van der Waals surface area contributed by atoms with Crippen LogP contribution in [0.25, 0.3) is 44.2 Å². The molecule has 0 saturated carbocycles. The Morgan fingerprint density at radius 3 is 1.51 bits per heavy atom. The molecule has 1 atom stereocenters. The molecule has 9 aromatic rings. The van der Waals surface area contributed by atoms with Crippen LogP contribution in [0.3, 0.4) is 0 Å². The first kappa shape index (κ1) is 30.5. The molecule has 256 valence electrons. The standard InChI is InChI=1S/C54H34O/c1-3-18-38(19-4-1)53(39-20-5-2-6-21-39)47-27-13-14-28-50(47)55-51-29-15-24-40(52(51)53)37-30-31-43-41-22-9-11-25-45(41)54(48(43)34-37)46-26-12-10-23-42(46)44-32-35-16-7-8-17-36(35)33-49(44)54/h1-34H. The Balaban J connectivity index is 1.19. The topological polar surface area (TPSA) is 9.23 Å². The highest BCUT2D eigenvalue weighted by atomic mass is 16.5. The third-order valence-electron chi connectivity index (χ3n) is 12.6. The van der Waals surface area contributed by atoms with Crippen LogP contribution in [0.15, 0.2) is 206 Å². The second kappa shape index (κ2) is 11.3. The van der Waals surface area contributed by atoms with Gasteiger partial charge < -0.3 is 4.74 Å². The van der Waals surface area contributed by atoms with Crippen LogP contribution in [0.2, 0.25) is 0 Å². The molecule has 1 aliphatic heterocycles. The Morgan fingerprint density at radius 2 is 0.800 bits per heavy atom. The number of ether oxygens (including phenoxy) is 1. The quantitative estimate of drug-likeness (QED) is 0.178. The van der Waals surface area contributed by atoms with Crippen LogP contribution >= 0.6 is 0 Å². The summed E-state index contributed by atoms with van der Waals surface area (Å²) in [4.78, 5) is 0. The maximum absolute atomic E-state index is 6.91. The lowest BCUT2D eigenvalue weighted by molar-refractivity contribution is 0.435. The molecule has 3 aliphatic rings. The molecule has 0 bridgehead atoms. The van der Waals surface area contributed by atoms with Gasteiger partial charge in [-0.15, -0.1) is 0 Å².